The monoisotopic (exact) mass is 453 g/mol. The maximum atomic E-state index is 12.7. The molecule has 1 aliphatic heterocycles. The number of sulfonamides is 1. The second-order valence-electron chi connectivity index (χ2n) is 6.76. The van der Waals surface area contributed by atoms with E-state index in [0.717, 1.165) is 0 Å². The summed E-state index contributed by atoms with van der Waals surface area (Å²) in [6, 6.07) is 18.6. The fourth-order valence-electron chi connectivity index (χ4n) is 2.94. The Hall–Kier alpha value is -4.05. The zero-order chi connectivity index (χ0) is 22.6. The zero-order valence-electron chi connectivity index (χ0n) is 16.7. The van der Waals surface area contributed by atoms with Gasteiger partial charge in [-0.2, -0.15) is 0 Å². The van der Waals surface area contributed by atoms with Crippen molar-refractivity contribution in [2.24, 2.45) is 0 Å². The number of fused-ring (bicyclic) bond motifs is 1. The van der Waals surface area contributed by atoms with Gasteiger partial charge in [-0.05, 0) is 48.5 Å². The Morgan fingerprint density at radius 2 is 1.31 bits per heavy atom. The van der Waals surface area contributed by atoms with E-state index >= 15 is 0 Å². The van der Waals surface area contributed by atoms with Gasteiger partial charge in [0.1, 0.15) is 13.2 Å². The SMILES string of the molecule is O=C(NNC(=O)c1ccc(NS(=O)(=O)c2ccc3c(c2)OCCO3)cc1)c1ccccc1. The van der Waals surface area contributed by atoms with Crippen molar-refractivity contribution >= 4 is 27.5 Å². The predicted octanol–water partition coefficient (Wildman–Crippen LogP) is 2.33. The largest absolute Gasteiger partial charge is 0.486 e. The molecule has 4 rings (SSSR count). The van der Waals surface area contributed by atoms with Crippen LogP contribution >= 0.6 is 0 Å². The second-order valence-corrected chi connectivity index (χ2v) is 8.44. The molecule has 0 saturated heterocycles. The van der Waals surface area contributed by atoms with E-state index in [1.54, 1.807) is 36.4 Å². The standard InChI is InChI=1S/C22H19N3O6S/c26-21(15-4-2-1-3-5-15)23-24-22(27)16-6-8-17(9-7-16)25-32(28,29)18-10-11-19-20(14-18)31-13-12-30-19/h1-11,14,25H,12-13H2,(H,23,26)(H,24,27). The first-order chi connectivity index (χ1) is 15.4. The van der Waals surface area contributed by atoms with Crippen molar-refractivity contribution in [2.45, 2.75) is 4.90 Å². The van der Waals surface area contributed by atoms with E-state index in [0.29, 0.717) is 30.3 Å². The van der Waals surface area contributed by atoms with E-state index in [2.05, 4.69) is 15.6 Å². The minimum atomic E-state index is -3.88. The van der Waals surface area contributed by atoms with E-state index in [9.17, 15) is 18.0 Å². The van der Waals surface area contributed by atoms with Crippen LogP contribution in [-0.4, -0.2) is 33.4 Å². The van der Waals surface area contributed by atoms with Gasteiger partial charge in [-0.3, -0.25) is 25.2 Å². The van der Waals surface area contributed by atoms with Crippen molar-refractivity contribution in [1.29, 1.82) is 0 Å². The molecule has 0 atom stereocenters. The third-order valence-corrected chi connectivity index (χ3v) is 5.93. The molecule has 10 heteroatoms. The van der Waals surface area contributed by atoms with Gasteiger partial charge in [-0.15, -0.1) is 0 Å². The van der Waals surface area contributed by atoms with Gasteiger partial charge in [0, 0.05) is 22.9 Å². The molecule has 9 nitrogen and oxygen atoms in total. The zero-order valence-corrected chi connectivity index (χ0v) is 17.5. The van der Waals surface area contributed by atoms with Crippen molar-refractivity contribution in [3.63, 3.8) is 0 Å². The maximum Gasteiger partial charge on any atom is 0.269 e. The fourth-order valence-corrected chi connectivity index (χ4v) is 4.02. The van der Waals surface area contributed by atoms with Gasteiger partial charge in [0.15, 0.2) is 11.5 Å². The van der Waals surface area contributed by atoms with E-state index in [4.69, 9.17) is 9.47 Å². The number of anilines is 1. The van der Waals surface area contributed by atoms with E-state index in [1.807, 2.05) is 0 Å². The van der Waals surface area contributed by atoms with Crippen LogP contribution in [0.5, 0.6) is 11.5 Å². The number of rotatable bonds is 5. The lowest BCUT2D eigenvalue weighted by Crippen LogP contribution is -2.41. The second kappa shape index (κ2) is 8.98. The van der Waals surface area contributed by atoms with Crippen LogP contribution in [0.4, 0.5) is 5.69 Å². The molecule has 32 heavy (non-hydrogen) atoms. The topological polar surface area (TPSA) is 123 Å². The third kappa shape index (κ3) is 4.81. The molecule has 0 fully saturated rings. The first-order valence-electron chi connectivity index (χ1n) is 9.61. The van der Waals surface area contributed by atoms with Gasteiger partial charge in [0.25, 0.3) is 21.8 Å². The fraction of sp³-hybridized carbons (Fsp3) is 0.0909. The predicted molar refractivity (Wildman–Crippen MR) is 116 cm³/mol. The Morgan fingerprint density at radius 3 is 1.97 bits per heavy atom. The summed E-state index contributed by atoms with van der Waals surface area (Å²) in [7, 11) is -3.88. The molecule has 0 bridgehead atoms. The number of amides is 2. The van der Waals surface area contributed by atoms with Crippen LogP contribution in [0.25, 0.3) is 0 Å². The number of hydrogen-bond donors (Lipinski definition) is 3. The lowest BCUT2D eigenvalue weighted by molar-refractivity contribution is 0.0846. The first kappa shape index (κ1) is 21.2. The van der Waals surface area contributed by atoms with Gasteiger partial charge < -0.3 is 9.47 Å². The summed E-state index contributed by atoms with van der Waals surface area (Å²) >= 11 is 0. The molecule has 0 saturated carbocycles. The smallest absolute Gasteiger partial charge is 0.269 e. The molecule has 1 heterocycles. The number of nitrogens with one attached hydrogen (secondary N) is 3. The quantitative estimate of drug-likeness (QED) is 0.510. The van der Waals surface area contributed by atoms with Crippen molar-refractivity contribution in [1.82, 2.24) is 10.9 Å². The minimum Gasteiger partial charge on any atom is -0.486 e. The first-order valence-corrected chi connectivity index (χ1v) is 11.1. The molecule has 164 valence electrons. The number of hydrazine groups is 1. The lowest BCUT2D eigenvalue weighted by Gasteiger charge is -2.19. The highest BCUT2D eigenvalue weighted by Crippen LogP contribution is 2.32. The molecule has 0 radical (unpaired) electrons. The van der Waals surface area contributed by atoms with Crippen LogP contribution in [0.3, 0.4) is 0 Å². The number of benzene rings is 3. The van der Waals surface area contributed by atoms with Crippen molar-refractivity contribution < 1.29 is 27.5 Å². The summed E-state index contributed by atoms with van der Waals surface area (Å²) in [6.07, 6.45) is 0. The van der Waals surface area contributed by atoms with Crippen molar-refractivity contribution in [2.75, 3.05) is 17.9 Å². The van der Waals surface area contributed by atoms with Crippen LogP contribution in [0.1, 0.15) is 20.7 Å². The summed E-state index contributed by atoms with van der Waals surface area (Å²) in [5.41, 5.74) is 5.55. The average Bonchev–Trinajstić information content (AvgIpc) is 2.82. The normalized spacial score (nSPS) is 12.5. The van der Waals surface area contributed by atoms with Crippen LogP contribution in [0.2, 0.25) is 0 Å². The number of carbonyl (C=O) groups is 2. The van der Waals surface area contributed by atoms with Crippen molar-refractivity contribution in [3.8, 4) is 11.5 Å². The van der Waals surface area contributed by atoms with E-state index < -0.39 is 21.8 Å². The summed E-state index contributed by atoms with van der Waals surface area (Å²) in [4.78, 5) is 24.3. The molecular weight excluding hydrogens is 434 g/mol. The summed E-state index contributed by atoms with van der Waals surface area (Å²) < 4.78 is 38.7. The van der Waals surface area contributed by atoms with Crippen LogP contribution < -0.4 is 25.0 Å². The van der Waals surface area contributed by atoms with Gasteiger partial charge in [0.05, 0.1) is 4.90 Å². The van der Waals surface area contributed by atoms with Gasteiger partial charge >= 0.3 is 0 Å². The number of ether oxygens (including phenoxy) is 2. The number of hydrogen-bond acceptors (Lipinski definition) is 6. The van der Waals surface area contributed by atoms with E-state index in [1.165, 1.54) is 36.4 Å². The Kier molecular flexibility index (Phi) is 5.95. The van der Waals surface area contributed by atoms with Gasteiger partial charge in [-0.1, -0.05) is 18.2 Å². The highest BCUT2D eigenvalue weighted by Gasteiger charge is 2.19. The Labute approximate surface area is 184 Å². The molecule has 0 unspecified atom stereocenters. The molecule has 0 spiro atoms. The highest BCUT2D eigenvalue weighted by molar-refractivity contribution is 7.92. The summed E-state index contributed by atoms with van der Waals surface area (Å²) in [5.74, 6) is -0.146. The molecule has 3 aromatic carbocycles. The lowest BCUT2D eigenvalue weighted by atomic mass is 10.2. The van der Waals surface area contributed by atoms with Crippen LogP contribution in [0.15, 0.2) is 77.7 Å². The molecule has 1 aliphatic rings. The average molecular weight is 453 g/mol. The molecule has 0 aliphatic carbocycles. The molecule has 0 aromatic heterocycles. The Balaban J connectivity index is 1.39. The maximum absolute atomic E-state index is 12.7. The van der Waals surface area contributed by atoms with Gasteiger partial charge in [0.2, 0.25) is 0 Å². The highest BCUT2D eigenvalue weighted by atomic mass is 32.2. The number of carbonyl (C=O) groups excluding carboxylic acids is 2. The van der Waals surface area contributed by atoms with E-state index in [-0.39, 0.29) is 16.1 Å². The molecule has 3 N–H and O–H groups in total. The van der Waals surface area contributed by atoms with Crippen molar-refractivity contribution in [3.05, 3.63) is 83.9 Å². The Bertz CT molecular complexity index is 1240. The third-order valence-electron chi connectivity index (χ3n) is 4.55. The molecular formula is C22H19N3O6S. The van der Waals surface area contributed by atoms with Crippen LogP contribution in [0, 0.1) is 0 Å². The molecule has 3 aromatic rings. The minimum absolute atomic E-state index is 0.0205. The van der Waals surface area contributed by atoms with Gasteiger partial charge in [-0.25, -0.2) is 8.42 Å². The van der Waals surface area contributed by atoms with Crippen LogP contribution in [-0.2, 0) is 10.0 Å². The summed E-state index contributed by atoms with van der Waals surface area (Å²) in [6.45, 7) is 0.756. The Morgan fingerprint density at radius 1 is 0.719 bits per heavy atom. The molecule has 2 amide bonds. The summed E-state index contributed by atoms with van der Waals surface area (Å²) in [5, 5.41) is 0.